The number of hydrogen-bond donors (Lipinski definition) is 0. The molecule has 11 heteroatoms. The molecule has 186 valence electrons. The van der Waals surface area contributed by atoms with Crippen molar-refractivity contribution in [3.8, 4) is 18.1 Å². The molecule has 0 N–H and O–H groups in total. The van der Waals surface area contributed by atoms with Crippen LogP contribution in [0.4, 0.5) is 5.69 Å². The molecule has 0 spiro atoms. The third-order valence-corrected chi connectivity index (χ3v) is 8.08. The van der Waals surface area contributed by atoms with E-state index in [0.717, 1.165) is 0 Å². The molecular formula is C24H26N2O9. The van der Waals surface area contributed by atoms with E-state index >= 15 is 0 Å². The van der Waals surface area contributed by atoms with Crippen LogP contribution in [0, 0.1) is 49.8 Å². The van der Waals surface area contributed by atoms with Crippen molar-refractivity contribution >= 4 is 17.6 Å². The van der Waals surface area contributed by atoms with Gasteiger partial charge >= 0.3 is 11.9 Å². The lowest BCUT2D eigenvalue weighted by molar-refractivity contribution is -0.771. The SMILES string of the molecule is C#C[C@]1(OC(C)=O)CC[C@H]2[C@@H]3CCc4cc(OC(C)=O)cc([N+](=O)[O-])c4[C@H]3[C@H](O[N+](=O)[O-])C[C@@]21C. The van der Waals surface area contributed by atoms with Crippen LogP contribution >= 0.6 is 0 Å². The van der Waals surface area contributed by atoms with Crippen LogP contribution in [0.15, 0.2) is 12.1 Å². The molecule has 0 heterocycles. The monoisotopic (exact) mass is 486 g/mol. The van der Waals surface area contributed by atoms with Crippen LogP contribution < -0.4 is 4.74 Å². The standard InChI is InChI=1S/C24H26N2O9/c1-5-24(34-14(3)28)9-8-18-17-7-6-15-10-16(33-13(2)27)11-19(25(29)30)21(15)22(17)20(35-26(31)32)12-23(18,24)4/h1,10-11,17-18,20,22H,6-9,12H2,2-4H3/t17-,18-,20+,22+,23-,24-/m0/s1. The summed E-state index contributed by atoms with van der Waals surface area (Å²) in [6.45, 7) is 4.34. The molecule has 3 aliphatic carbocycles. The zero-order valence-electron chi connectivity index (χ0n) is 19.6. The van der Waals surface area contributed by atoms with Gasteiger partial charge in [-0.2, -0.15) is 0 Å². The first-order valence-corrected chi connectivity index (χ1v) is 11.4. The van der Waals surface area contributed by atoms with Crippen LogP contribution in [0.3, 0.4) is 0 Å². The summed E-state index contributed by atoms with van der Waals surface area (Å²) in [6, 6.07) is 2.76. The van der Waals surface area contributed by atoms with Gasteiger partial charge in [0.05, 0.1) is 11.0 Å². The first-order chi connectivity index (χ1) is 16.4. The van der Waals surface area contributed by atoms with Crippen molar-refractivity contribution in [2.24, 2.45) is 17.3 Å². The average Bonchev–Trinajstić information content (AvgIpc) is 3.03. The Morgan fingerprint density at radius 3 is 2.46 bits per heavy atom. The third-order valence-electron chi connectivity index (χ3n) is 8.08. The van der Waals surface area contributed by atoms with Crippen molar-refractivity contribution in [3.05, 3.63) is 43.5 Å². The summed E-state index contributed by atoms with van der Waals surface area (Å²) < 4.78 is 10.8. The first-order valence-electron chi connectivity index (χ1n) is 11.4. The second kappa shape index (κ2) is 8.52. The number of fused-ring (bicyclic) bond motifs is 5. The van der Waals surface area contributed by atoms with Crippen LogP contribution in [-0.2, 0) is 25.6 Å². The minimum atomic E-state index is -1.25. The molecule has 6 atom stereocenters. The Balaban J connectivity index is 1.87. The second-order valence-electron chi connectivity index (χ2n) is 9.79. The second-order valence-corrected chi connectivity index (χ2v) is 9.79. The molecule has 0 unspecified atom stereocenters. The van der Waals surface area contributed by atoms with Crippen molar-refractivity contribution in [1.82, 2.24) is 0 Å². The summed E-state index contributed by atoms with van der Waals surface area (Å²) >= 11 is 0. The normalized spacial score (nSPS) is 32.7. The number of benzene rings is 1. The summed E-state index contributed by atoms with van der Waals surface area (Å²) in [5.41, 5.74) is -1.38. The topological polar surface area (TPSA) is 148 Å². The van der Waals surface area contributed by atoms with Crippen molar-refractivity contribution in [2.75, 3.05) is 0 Å². The number of carbonyl (C=O) groups excluding carboxylic acids is 2. The van der Waals surface area contributed by atoms with Gasteiger partial charge in [-0.05, 0) is 55.6 Å². The summed E-state index contributed by atoms with van der Waals surface area (Å²) in [4.78, 5) is 51.6. The van der Waals surface area contributed by atoms with E-state index in [1.807, 2.05) is 6.92 Å². The summed E-state index contributed by atoms with van der Waals surface area (Å²) in [5, 5.41) is 22.7. The summed E-state index contributed by atoms with van der Waals surface area (Å²) in [7, 11) is 0. The number of aryl methyl sites for hydroxylation is 1. The molecule has 2 saturated carbocycles. The van der Waals surface area contributed by atoms with E-state index in [4.69, 9.17) is 20.7 Å². The maximum Gasteiger partial charge on any atom is 0.308 e. The van der Waals surface area contributed by atoms with Crippen molar-refractivity contribution in [1.29, 1.82) is 0 Å². The van der Waals surface area contributed by atoms with Crippen molar-refractivity contribution in [3.63, 3.8) is 0 Å². The number of ether oxygens (including phenoxy) is 2. The Hall–Kier alpha value is -3.68. The fourth-order valence-corrected chi connectivity index (χ4v) is 6.97. The zero-order chi connectivity index (χ0) is 25.7. The van der Waals surface area contributed by atoms with Gasteiger partial charge in [-0.1, -0.05) is 12.8 Å². The number of nitro benzene ring substituents is 1. The zero-order valence-corrected chi connectivity index (χ0v) is 19.6. The van der Waals surface area contributed by atoms with Crippen molar-refractivity contribution < 1.29 is 33.9 Å². The lowest BCUT2D eigenvalue weighted by atomic mass is 9.52. The molecule has 0 saturated heterocycles. The Morgan fingerprint density at radius 2 is 1.89 bits per heavy atom. The van der Waals surface area contributed by atoms with Gasteiger partial charge in [-0.25, -0.2) is 0 Å². The van der Waals surface area contributed by atoms with Gasteiger partial charge in [0.25, 0.3) is 10.8 Å². The maximum atomic E-state index is 12.1. The number of nitro groups is 1. The van der Waals surface area contributed by atoms with Gasteiger partial charge < -0.3 is 14.3 Å². The Kier molecular flexibility index (Phi) is 5.95. The predicted octanol–water partition coefficient (Wildman–Crippen LogP) is 3.50. The van der Waals surface area contributed by atoms with Crippen LogP contribution in [-0.4, -0.2) is 33.7 Å². The quantitative estimate of drug-likeness (QED) is 0.200. The highest BCUT2D eigenvalue weighted by Crippen LogP contribution is 2.66. The Labute approximate surface area is 201 Å². The smallest absolute Gasteiger partial charge is 0.308 e. The minimum absolute atomic E-state index is 0.0517. The number of hydrogen-bond acceptors (Lipinski definition) is 9. The minimum Gasteiger partial charge on any atom is -0.445 e. The summed E-state index contributed by atoms with van der Waals surface area (Å²) in [5.74, 6) is 0.584. The van der Waals surface area contributed by atoms with Crippen LogP contribution in [0.5, 0.6) is 5.75 Å². The van der Waals surface area contributed by atoms with Gasteiger partial charge in [-0.15, -0.1) is 16.5 Å². The molecular weight excluding hydrogens is 460 g/mol. The largest absolute Gasteiger partial charge is 0.445 e. The van der Waals surface area contributed by atoms with Crippen LogP contribution in [0.2, 0.25) is 0 Å². The maximum absolute atomic E-state index is 12.1. The van der Waals surface area contributed by atoms with Gasteiger partial charge in [-0.3, -0.25) is 19.7 Å². The van der Waals surface area contributed by atoms with E-state index in [9.17, 15) is 29.8 Å². The molecule has 0 aliphatic heterocycles. The Morgan fingerprint density at radius 1 is 1.17 bits per heavy atom. The first kappa shape index (κ1) is 24.4. The van der Waals surface area contributed by atoms with E-state index in [1.54, 1.807) is 6.07 Å². The summed E-state index contributed by atoms with van der Waals surface area (Å²) in [6.07, 6.45) is 6.93. The highest BCUT2D eigenvalue weighted by atomic mass is 17.0. The molecule has 0 bridgehead atoms. The lowest BCUT2D eigenvalue weighted by Crippen LogP contribution is -2.56. The molecule has 35 heavy (non-hydrogen) atoms. The van der Waals surface area contributed by atoms with E-state index < -0.39 is 45.0 Å². The van der Waals surface area contributed by atoms with E-state index in [2.05, 4.69) is 5.92 Å². The molecule has 1 aromatic carbocycles. The van der Waals surface area contributed by atoms with Crippen LogP contribution in [0.1, 0.15) is 63.5 Å². The van der Waals surface area contributed by atoms with E-state index in [1.165, 1.54) is 19.9 Å². The fraction of sp³-hybridized carbons (Fsp3) is 0.583. The molecule has 2 fully saturated rings. The molecule has 0 amide bonds. The third kappa shape index (κ3) is 3.87. The number of terminal acetylenes is 1. The molecule has 0 radical (unpaired) electrons. The number of carbonyl (C=O) groups is 2. The number of rotatable bonds is 5. The highest BCUT2D eigenvalue weighted by molar-refractivity contribution is 5.70. The molecule has 1 aromatic rings. The lowest BCUT2D eigenvalue weighted by Gasteiger charge is -2.54. The van der Waals surface area contributed by atoms with Gasteiger partial charge in [0.15, 0.2) is 5.60 Å². The number of nitrogens with zero attached hydrogens (tertiary/aromatic N) is 2. The molecule has 4 rings (SSSR count). The highest BCUT2D eigenvalue weighted by Gasteiger charge is 2.66. The van der Waals surface area contributed by atoms with Gasteiger partial charge in [0, 0.05) is 30.7 Å². The molecule has 0 aromatic heterocycles. The average molecular weight is 486 g/mol. The van der Waals surface area contributed by atoms with Gasteiger partial charge in [0.1, 0.15) is 11.9 Å². The fourth-order valence-electron chi connectivity index (χ4n) is 6.97. The van der Waals surface area contributed by atoms with E-state index in [0.29, 0.717) is 36.8 Å². The van der Waals surface area contributed by atoms with Gasteiger partial charge in [0.2, 0.25) is 0 Å². The molecule has 3 aliphatic rings. The van der Waals surface area contributed by atoms with Crippen LogP contribution in [0.25, 0.3) is 0 Å². The van der Waals surface area contributed by atoms with Crippen molar-refractivity contribution in [2.45, 2.75) is 70.5 Å². The van der Waals surface area contributed by atoms with E-state index in [-0.39, 0.29) is 29.7 Å². The molecule has 11 nitrogen and oxygen atoms in total. The number of esters is 2. The Bertz CT molecular complexity index is 1160. The predicted molar refractivity (Wildman–Crippen MR) is 120 cm³/mol.